The summed E-state index contributed by atoms with van der Waals surface area (Å²) in [7, 11) is 3.11. The van der Waals surface area contributed by atoms with E-state index < -0.39 is 5.82 Å². The van der Waals surface area contributed by atoms with Crippen LogP contribution in [0.5, 0.6) is 11.5 Å². The molecule has 1 aromatic rings. The Balaban J connectivity index is 3.25. The lowest BCUT2D eigenvalue weighted by atomic mass is 10.1. The van der Waals surface area contributed by atoms with E-state index in [0.717, 1.165) is 0 Å². The Hall–Kier alpha value is -1.29. The van der Waals surface area contributed by atoms with Crippen molar-refractivity contribution in [3.63, 3.8) is 0 Å². The van der Waals surface area contributed by atoms with E-state index in [0.29, 0.717) is 17.7 Å². The molecule has 78 valence electrons. The summed E-state index contributed by atoms with van der Waals surface area (Å²) in [6.45, 7) is 2.16. The molecular formula is C10H14FNO2. The summed E-state index contributed by atoms with van der Waals surface area (Å²) >= 11 is 0. The largest absolute Gasteiger partial charge is 0.504 e. The molecule has 0 aliphatic heterocycles. The van der Waals surface area contributed by atoms with Crippen LogP contribution in [0.1, 0.15) is 11.1 Å². The fourth-order valence-corrected chi connectivity index (χ4v) is 1.39. The predicted octanol–water partition coefficient (Wildman–Crippen LogP) is 1.57. The van der Waals surface area contributed by atoms with Crippen molar-refractivity contribution in [1.82, 2.24) is 5.32 Å². The molecule has 0 bridgehead atoms. The molecule has 0 aliphatic rings. The highest BCUT2D eigenvalue weighted by atomic mass is 19.1. The Morgan fingerprint density at radius 3 is 2.71 bits per heavy atom. The maximum Gasteiger partial charge on any atom is 0.207 e. The van der Waals surface area contributed by atoms with Crippen LogP contribution in [0, 0.1) is 12.7 Å². The molecule has 4 heteroatoms. The number of rotatable bonds is 3. The lowest BCUT2D eigenvalue weighted by Crippen LogP contribution is -2.07. The van der Waals surface area contributed by atoms with Gasteiger partial charge in [0, 0.05) is 12.1 Å². The average molecular weight is 199 g/mol. The van der Waals surface area contributed by atoms with Crippen LogP contribution in [0.3, 0.4) is 0 Å². The van der Waals surface area contributed by atoms with Gasteiger partial charge in [-0.05, 0) is 25.6 Å². The fourth-order valence-electron chi connectivity index (χ4n) is 1.39. The first-order valence-electron chi connectivity index (χ1n) is 4.31. The summed E-state index contributed by atoms with van der Waals surface area (Å²) in [5.41, 5.74) is 1.20. The Bertz CT molecular complexity index is 339. The smallest absolute Gasteiger partial charge is 0.207 e. The zero-order chi connectivity index (χ0) is 10.7. The molecule has 0 radical (unpaired) electrons. The predicted molar refractivity (Wildman–Crippen MR) is 52.1 cm³/mol. The second kappa shape index (κ2) is 4.28. The molecule has 0 spiro atoms. The van der Waals surface area contributed by atoms with Gasteiger partial charge in [-0.2, -0.15) is 4.39 Å². The van der Waals surface area contributed by atoms with E-state index in [2.05, 4.69) is 5.32 Å². The quantitative estimate of drug-likeness (QED) is 0.776. The molecule has 0 atom stereocenters. The van der Waals surface area contributed by atoms with Gasteiger partial charge in [0.25, 0.3) is 0 Å². The number of benzene rings is 1. The first-order chi connectivity index (χ1) is 6.61. The minimum atomic E-state index is -0.697. The number of aromatic hydroxyl groups is 1. The minimum Gasteiger partial charge on any atom is -0.504 e. The zero-order valence-electron chi connectivity index (χ0n) is 8.52. The van der Waals surface area contributed by atoms with Gasteiger partial charge >= 0.3 is 0 Å². The lowest BCUT2D eigenvalue weighted by molar-refractivity contribution is 0.359. The van der Waals surface area contributed by atoms with Gasteiger partial charge in [-0.3, -0.25) is 0 Å². The lowest BCUT2D eigenvalue weighted by Gasteiger charge is -2.11. The molecule has 2 N–H and O–H groups in total. The summed E-state index contributed by atoms with van der Waals surface area (Å²) in [6, 6.07) is 1.70. The van der Waals surface area contributed by atoms with Gasteiger partial charge in [-0.1, -0.05) is 0 Å². The van der Waals surface area contributed by atoms with Crippen LogP contribution in [-0.2, 0) is 6.54 Å². The monoisotopic (exact) mass is 199 g/mol. The molecule has 0 amide bonds. The molecule has 0 fully saturated rings. The Labute approximate surface area is 82.5 Å². The van der Waals surface area contributed by atoms with Gasteiger partial charge in [0.2, 0.25) is 5.82 Å². The average Bonchev–Trinajstić information content (AvgIpc) is 2.15. The molecule has 0 aliphatic carbocycles. The molecule has 3 nitrogen and oxygen atoms in total. The third-order valence-electron chi connectivity index (χ3n) is 2.03. The molecule has 0 aromatic heterocycles. The van der Waals surface area contributed by atoms with E-state index in [9.17, 15) is 9.50 Å². The van der Waals surface area contributed by atoms with Crippen LogP contribution in [-0.4, -0.2) is 19.3 Å². The van der Waals surface area contributed by atoms with Crippen LogP contribution in [0.15, 0.2) is 6.07 Å². The highest BCUT2D eigenvalue weighted by Crippen LogP contribution is 2.32. The number of phenols is 1. The molecular weight excluding hydrogens is 185 g/mol. The Kier molecular flexibility index (Phi) is 3.30. The molecule has 0 saturated carbocycles. The van der Waals surface area contributed by atoms with E-state index in [1.807, 2.05) is 0 Å². The number of halogens is 1. The molecule has 1 aromatic carbocycles. The molecule has 0 unspecified atom stereocenters. The van der Waals surface area contributed by atoms with Crippen molar-refractivity contribution in [3.05, 3.63) is 23.0 Å². The standard InChI is InChI=1S/C10H14FNO2/c1-6-4-7(5-12-2)9(13)8(11)10(6)14-3/h4,12-13H,5H2,1-3H3. The van der Waals surface area contributed by atoms with Crippen molar-refractivity contribution >= 4 is 0 Å². The molecule has 1 rings (SSSR count). The van der Waals surface area contributed by atoms with Crippen LogP contribution < -0.4 is 10.1 Å². The SMILES string of the molecule is CNCc1cc(C)c(OC)c(F)c1O. The molecule has 0 heterocycles. The first kappa shape index (κ1) is 10.8. The van der Waals surface area contributed by atoms with Crippen molar-refractivity contribution in [2.24, 2.45) is 0 Å². The van der Waals surface area contributed by atoms with Crippen LogP contribution in [0.25, 0.3) is 0 Å². The van der Waals surface area contributed by atoms with Crippen molar-refractivity contribution in [3.8, 4) is 11.5 Å². The zero-order valence-corrected chi connectivity index (χ0v) is 8.52. The second-order valence-corrected chi connectivity index (χ2v) is 3.08. The number of phenolic OH excluding ortho intramolecular Hbond substituents is 1. The first-order valence-corrected chi connectivity index (χ1v) is 4.31. The van der Waals surface area contributed by atoms with E-state index in [1.165, 1.54) is 7.11 Å². The third-order valence-corrected chi connectivity index (χ3v) is 2.03. The molecule has 0 saturated heterocycles. The highest BCUT2D eigenvalue weighted by molar-refractivity contribution is 5.46. The number of hydrogen-bond acceptors (Lipinski definition) is 3. The summed E-state index contributed by atoms with van der Waals surface area (Å²) in [5.74, 6) is -0.943. The van der Waals surface area contributed by atoms with E-state index >= 15 is 0 Å². The molecule has 14 heavy (non-hydrogen) atoms. The number of hydrogen-bond donors (Lipinski definition) is 2. The van der Waals surface area contributed by atoms with Gasteiger partial charge in [-0.25, -0.2) is 0 Å². The van der Waals surface area contributed by atoms with Gasteiger partial charge < -0.3 is 15.2 Å². The van der Waals surface area contributed by atoms with Crippen molar-refractivity contribution in [2.75, 3.05) is 14.2 Å². The summed E-state index contributed by atoms with van der Waals surface area (Å²) in [5, 5.41) is 12.3. The summed E-state index contributed by atoms with van der Waals surface area (Å²) < 4.78 is 18.3. The minimum absolute atomic E-state index is 0.0994. The van der Waals surface area contributed by atoms with Gasteiger partial charge in [0.1, 0.15) is 0 Å². The number of aryl methyl sites for hydroxylation is 1. The number of ether oxygens (including phenoxy) is 1. The normalized spacial score (nSPS) is 10.3. The van der Waals surface area contributed by atoms with Crippen LogP contribution in [0.4, 0.5) is 4.39 Å². The van der Waals surface area contributed by atoms with Gasteiger partial charge in [0.15, 0.2) is 11.5 Å². The summed E-state index contributed by atoms with van der Waals surface area (Å²) in [4.78, 5) is 0. The van der Waals surface area contributed by atoms with Gasteiger partial charge in [0.05, 0.1) is 7.11 Å². The Morgan fingerprint density at radius 2 is 2.21 bits per heavy atom. The van der Waals surface area contributed by atoms with Crippen molar-refractivity contribution < 1.29 is 14.2 Å². The second-order valence-electron chi connectivity index (χ2n) is 3.08. The Morgan fingerprint density at radius 1 is 1.57 bits per heavy atom. The number of nitrogens with one attached hydrogen (secondary N) is 1. The van der Waals surface area contributed by atoms with Crippen LogP contribution in [0.2, 0.25) is 0 Å². The van der Waals surface area contributed by atoms with E-state index in [4.69, 9.17) is 4.74 Å². The maximum absolute atomic E-state index is 13.4. The maximum atomic E-state index is 13.4. The van der Waals surface area contributed by atoms with E-state index in [-0.39, 0.29) is 11.5 Å². The summed E-state index contributed by atoms with van der Waals surface area (Å²) in [6.07, 6.45) is 0. The van der Waals surface area contributed by atoms with Crippen LogP contribution >= 0.6 is 0 Å². The fraction of sp³-hybridized carbons (Fsp3) is 0.400. The number of methoxy groups -OCH3 is 1. The van der Waals surface area contributed by atoms with E-state index in [1.54, 1.807) is 20.0 Å². The topological polar surface area (TPSA) is 41.5 Å². The van der Waals surface area contributed by atoms with Gasteiger partial charge in [-0.15, -0.1) is 0 Å². The van der Waals surface area contributed by atoms with Crippen molar-refractivity contribution in [2.45, 2.75) is 13.5 Å². The highest BCUT2D eigenvalue weighted by Gasteiger charge is 2.15. The van der Waals surface area contributed by atoms with Crippen molar-refractivity contribution in [1.29, 1.82) is 0 Å². The third kappa shape index (κ3) is 1.80.